The summed E-state index contributed by atoms with van der Waals surface area (Å²) in [6.07, 6.45) is 11.1. The summed E-state index contributed by atoms with van der Waals surface area (Å²) in [6, 6.07) is 0. The maximum atomic E-state index is 2.35. The molecule has 0 aromatic rings. The number of fused-ring (bicyclic) bond motifs is 1. The molecule has 0 aromatic heterocycles. The first-order valence-corrected chi connectivity index (χ1v) is 4.58. The zero-order chi connectivity index (χ0) is 7.90. The molecule has 0 heterocycles. The Morgan fingerprint density at radius 3 is 3.00 bits per heavy atom. The highest BCUT2D eigenvalue weighted by molar-refractivity contribution is 5.28. The van der Waals surface area contributed by atoms with Crippen LogP contribution in [0.2, 0.25) is 0 Å². The molecule has 0 N–H and O–H groups in total. The van der Waals surface area contributed by atoms with E-state index in [4.69, 9.17) is 0 Å². The van der Waals surface area contributed by atoms with Crippen molar-refractivity contribution >= 4 is 0 Å². The van der Waals surface area contributed by atoms with E-state index >= 15 is 0 Å². The van der Waals surface area contributed by atoms with Crippen molar-refractivity contribution in [1.29, 1.82) is 0 Å². The zero-order valence-electron chi connectivity index (χ0n) is 7.43. The lowest BCUT2D eigenvalue weighted by atomic mass is 9.73. The van der Waals surface area contributed by atoms with Crippen LogP contribution in [0.4, 0.5) is 0 Å². The third-order valence-corrected chi connectivity index (χ3v) is 3.14. The van der Waals surface area contributed by atoms with Crippen molar-refractivity contribution in [3.8, 4) is 0 Å². The number of allylic oxidation sites excluding steroid dienone is 4. The molecule has 0 spiro atoms. The number of rotatable bonds is 0. The first kappa shape index (κ1) is 7.15. The van der Waals surface area contributed by atoms with Gasteiger partial charge in [-0.25, -0.2) is 0 Å². The minimum Gasteiger partial charge on any atom is -0.0783 e. The van der Waals surface area contributed by atoms with Crippen LogP contribution in [0.1, 0.15) is 33.1 Å². The molecular weight excluding hydrogens is 132 g/mol. The molecule has 2 rings (SSSR count). The van der Waals surface area contributed by atoms with Crippen LogP contribution in [0.3, 0.4) is 0 Å². The zero-order valence-corrected chi connectivity index (χ0v) is 7.43. The fourth-order valence-electron chi connectivity index (χ4n) is 2.46. The van der Waals surface area contributed by atoms with Gasteiger partial charge in [-0.05, 0) is 30.6 Å². The Labute approximate surface area is 69.0 Å². The van der Waals surface area contributed by atoms with Crippen molar-refractivity contribution in [2.24, 2.45) is 11.3 Å². The minimum absolute atomic E-state index is 0.431. The van der Waals surface area contributed by atoms with E-state index in [-0.39, 0.29) is 0 Å². The molecule has 0 amide bonds. The monoisotopic (exact) mass is 148 g/mol. The van der Waals surface area contributed by atoms with E-state index in [9.17, 15) is 0 Å². The van der Waals surface area contributed by atoms with E-state index in [1.807, 2.05) is 0 Å². The quantitative estimate of drug-likeness (QED) is 0.494. The molecule has 0 nitrogen and oxygen atoms in total. The summed E-state index contributed by atoms with van der Waals surface area (Å²) in [5.74, 6) is 0.854. The second-order valence-electron chi connectivity index (χ2n) is 4.37. The average Bonchev–Trinajstić information content (AvgIpc) is 2.34. The third kappa shape index (κ3) is 1.05. The SMILES string of the molecule is CC1(C)C=CC=C2CCCC21. The van der Waals surface area contributed by atoms with Crippen LogP contribution in [0, 0.1) is 11.3 Å². The molecule has 60 valence electrons. The Morgan fingerprint density at radius 2 is 2.27 bits per heavy atom. The molecule has 1 saturated carbocycles. The van der Waals surface area contributed by atoms with E-state index in [2.05, 4.69) is 32.1 Å². The van der Waals surface area contributed by atoms with Crippen LogP contribution in [-0.2, 0) is 0 Å². The highest BCUT2D eigenvalue weighted by Crippen LogP contribution is 2.46. The topological polar surface area (TPSA) is 0 Å². The van der Waals surface area contributed by atoms with E-state index in [0.717, 1.165) is 5.92 Å². The van der Waals surface area contributed by atoms with E-state index in [1.54, 1.807) is 5.57 Å². The van der Waals surface area contributed by atoms with Crippen molar-refractivity contribution in [2.45, 2.75) is 33.1 Å². The summed E-state index contributed by atoms with van der Waals surface area (Å²) in [7, 11) is 0. The summed E-state index contributed by atoms with van der Waals surface area (Å²) >= 11 is 0. The van der Waals surface area contributed by atoms with Crippen molar-refractivity contribution < 1.29 is 0 Å². The largest absolute Gasteiger partial charge is 0.0783 e. The van der Waals surface area contributed by atoms with Crippen LogP contribution in [0.5, 0.6) is 0 Å². The lowest BCUT2D eigenvalue weighted by Crippen LogP contribution is -2.22. The van der Waals surface area contributed by atoms with Crippen molar-refractivity contribution in [1.82, 2.24) is 0 Å². The minimum atomic E-state index is 0.431. The molecule has 0 heteroatoms. The van der Waals surface area contributed by atoms with Crippen LogP contribution < -0.4 is 0 Å². The Hall–Kier alpha value is -0.520. The van der Waals surface area contributed by atoms with Gasteiger partial charge >= 0.3 is 0 Å². The fourth-order valence-corrected chi connectivity index (χ4v) is 2.46. The van der Waals surface area contributed by atoms with Crippen molar-refractivity contribution in [2.75, 3.05) is 0 Å². The molecule has 1 unspecified atom stereocenters. The van der Waals surface area contributed by atoms with Crippen LogP contribution in [0.25, 0.3) is 0 Å². The predicted octanol–water partition coefficient (Wildman–Crippen LogP) is 3.31. The third-order valence-electron chi connectivity index (χ3n) is 3.14. The second-order valence-corrected chi connectivity index (χ2v) is 4.37. The summed E-state index contributed by atoms with van der Waals surface area (Å²) in [5.41, 5.74) is 2.12. The molecule has 1 atom stereocenters. The predicted molar refractivity (Wildman–Crippen MR) is 48.3 cm³/mol. The summed E-state index contributed by atoms with van der Waals surface area (Å²) in [4.78, 5) is 0. The molecule has 2 aliphatic rings. The fraction of sp³-hybridized carbons (Fsp3) is 0.636. The Bertz CT molecular complexity index is 218. The van der Waals surface area contributed by atoms with Gasteiger partial charge in [-0.1, -0.05) is 37.6 Å². The van der Waals surface area contributed by atoms with Gasteiger partial charge in [0.15, 0.2) is 0 Å². The summed E-state index contributed by atoms with van der Waals surface area (Å²) in [6.45, 7) is 4.71. The van der Waals surface area contributed by atoms with E-state index < -0.39 is 0 Å². The van der Waals surface area contributed by atoms with Gasteiger partial charge in [-0.3, -0.25) is 0 Å². The van der Waals surface area contributed by atoms with Crippen LogP contribution >= 0.6 is 0 Å². The van der Waals surface area contributed by atoms with Crippen molar-refractivity contribution in [3.05, 3.63) is 23.8 Å². The first-order valence-electron chi connectivity index (χ1n) is 4.58. The molecule has 0 radical (unpaired) electrons. The Morgan fingerprint density at radius 1 is 1.45 bits per heavy atom. The Kier molecular flexibility index (Phi) is 1.45. The van der Waals surface area contributed by atoms with Crippen LogP contribution in [0.15, 0.2) is 23.8 Å². The molecular formula is C11H16. The van der Waals surface area contributed by atoms with Gasteiger partial charge < -0.3 is 0 Å². The standard InChI is InChI=1S/C11H16/c1-11(2)8-4-6-9-5-3-7-10(9)11/h4,6,8,10H,3,5,7H2,1-2H3. The smallest absolute Gasteiger partial charge is 0.0106 e. The van der Waals surface area contributed by atoms with E-state index in [1.165, 1.54) is 19.3 Å². The highest BCUT2D eigenvalue weighted by atomic mass is 14.4. The van der Waals surface area contributed by atoms with Crippen molar-refractivity contribution in [3.63, 3.8) is 0 Å². The van der Waals surface area contributed by atoms with Crippen LogP contribution in [-0.4, -0.2) is 0 Å². The summed E-state index contributed by atoms with van der Waals surface area (Å²) in [5, 5.41) is 0. The Balaban J connectivity index is 2.33. The maximum Gasteiger partial charge on any atom is -0.0106 e. The van der Waals surface area contributed by atoms with Gasteiger partial charge in [0.25, 0.3) is 0 Å². The molecule has 0 saturated heterocycles. The highest BCUT2D eigenvalue weighted by Gasteiger charge is 2.34. The maximum absolute atomic E-state index is 2.35. The normalized spacial score (nSPS) is 33.3. The van der Waals surface area contributed by atoms with Gasteiger partial charge in [-0.15, -0.1) is 0 Å². The molecule has 0 aromatic carbocycles. The summed E-state index contributed by atoms with van der Waals surface area (Å²) < 4.78 is 0. The lowest BCUT2D eigenvalue weighted by Gasteiger charge is -2.31. The number of hydrogen-bond donors (Lipinski definition) is 0. The first-order chi connectivity index (χ1) is 5.20. The van der Waals surface area contributed by atoms with Gasteiger partial charge in [0.05, 0.1) is 0 Å². The molecule has 0 bridgehead atoms. The van der Waals surface area contributed by atoms with Gasteiger partial charge in [0, 0.05) is 0 Å². The van der Waals surface area contributed by atoms with Gasteiger partial charge in [-0.2, -0.15) is 0 Å². The second kappa shape index (κ2) is 2.23. The molecule has 2 aliphatic carbocycles. The number of hydrogen-bond acceptors (Lipinski definition) is 0. The lowest BCUT2D eigenvalue weighted by molar-refractivity contribution is 0.329. The molecule has 1 fully saturated rings. The average molecular weight is 148 g/mol. The molecule has 11 heavy (non-hydrogen) atoms. The van der Waals surface area contributed by atoms with Gasteiger partial charge in [0.2, 0.25) is 0 Å². The molecule has 0 aliphatic heterocycles. The van der Waals surface area contributed by atoms with Gasteiger partial charge in [0.1, 0.15) is 0 Å². The van der Waals surface area contributed by atoms with E-state index in [0.29, 0.717) is 5.41 Å².